The summed E-state index contributed by atoms with van der Waals surface area (Å²) in [5.74, 6) is 0. The smallest absolute Gasteiger partial charge is 0.104 e. The van der Waals surface area contributed by atoms with Gasteiger partial charge in [-0.3, -0.25) is 4.90 Å². The van der Waals surface area contributed by atoms with E-state index in [1.807, 2.05) is 4.90 Å². The highest BCUT2D eigenvalue weighted by Gasteiger charge is 2.34. The summed E-state index contributed by atoms with van der Waals surface area (Å²) in [6.45, 7) is 3.23. The zero-order valence-corrected chi connectivity index (χ0v) is 8.56. The Morgan fingerprint density at radius 2 is 2.23 bits per heavy atom. The molecule has 0 radical (unpaired) electrons. The van der Waals surface area contributed by atoms with Crippen molar-refractivity contribution in [1.82, 2.24) is 4.90 Å². The molecule has 0 amide bonds. The average molecular weight is 189 g/mol. The number of likely N-dealkylation sites (tertiary alicyclic amines) is 1. The van der Waals surface area contributed by atoms with E-state index >= 15 is 0 Å². The lowest BCUT2D eigenvalue weighted by Gasteiger charge is -2.25. The predicted molar refractivity (Wildman–Crippen MR) is 49.5 cm³/mol. The zero-order valence-electron chi connectivity index (χ0n) is 8.56. The lowest BCUT2D eigenvalue weighted by atomic mass is 10.2. The summed E-state index contributed by atoms with van der Waals surface area (Å²) >= 11 is 0. The molecule has 1 unspecified atom stereocenters. The van der Waals surface area contributed by atoms with Crippen LogP contribution < -0.4 is 0 Å². The van der Waals surface area contributed by atoms with E-state index in [4.69, 9.17) is 9.47 Å². The Morgan fingerprint density at radius 1 is 1.54 bits per heavy atom. The van der Waals surface area contributed by atoms with E-state index in [2.05, 4.69) is 0 Å². The van der Waals surface area contributed by atoms with Crippen LogP contribution in [0.5, 0.6) is 0 Å². The van der Waals surface area contributed by atoms with Crippen LogP contribution in [0.25, 0.3) is 0 Å². The van der Waals surface area contributed by atoms with Crippen LogP contribution in [0, 0.1) is 0 Å². The molecule has 4 nitrogen and oxygen atoms in total. The molecular formula is C9H19NO3. The molecule has 1 aliphatic heterocycles. The molecule has 78 valence electrons. The van der Waals surface area contributed by atoms with Gasteiger partial charge in [-0.15, -0.1) is 0 Å². The summed E-state index contributed by atoms with van der Waals surface area (Å²) in [7, 11) is 3.39. The normalized spacial score (nSPS) is 32.3. The van der Waals surface area contributed by atoms with E-state index < -0.39 is 6.23 Å². The van der Waals surface area contributed by atoms with Crippen molar-refractivity contribution in [2.45, 2.75) is 31.7 Å². The first kappa shape index (κ1) is 10.9. The SMILES string of the molecule is COC[C@@H]1C[C@@H](OC)CN1C(C)O. The molecule has 1 rings (SSSR count). The minimum Gasteiger partial charge on any atom is -0.383 e. The number of aliphatic hydroxyl groups is 1. The van der Waals surface area contributed by atoms with Crippen molar-refractivity contribution in [2.24, 2.45) is 0 Å². The number of rotatable bonds is 4. The summed E-state index contributed by atoms with van der Waals surface area (Å²) in [6.07, 6.45) is 0.755. The molecule has 0 saturated carbocycles. The Kier molecular flexibility index (Phi) is 4.12. The molecule has 0 aromatic heterocycles. The van der Waals surface area contributed by atoms with Crippen molar-refractivity contribution in [3.8, 4) is 0 Å². The third kappa shape index (κ3) is 2.64. The fraction of sp³-hybridized carbons (Fsp3) is 1.00. The van der Waals surface area contributed by atoms with Gasteiger partial charge in [-0.25, -0.2) is 0 Å². The van der Waals surface area contributed by atoms with E-state index in [0.717, 1.165) is 13.0 Å². The maximum atomic E-state index is 9.48. The van der Waals surface area contributed by atoms with Crippen LogP contribution in [0.4, 0.5) is 0 Å². The van der Waals surface area contributed by atoms with Crippen molar-refractivity contribution in [3.05, 3.63) is 0 Å². The molecule has 0 aromatic rings. The number of hydrogen-bond donors (Lipinski definition) is 1. The monoisotopic (exact) mass is 189 g/mol. The van der Waals surface area contributed by atoms with Gasteiger partial charge in [0.25, 0.3) is 0 Å². The van der Waals surface area contributed by atoms with Gasteiger partial charge in [-0.1, -0.05) is 0 Å². The number of methoxy groups -OCH3 is 2. The van der Waals surface area contributed by atoms with Gasteiger partial charge in [0.1, 0.15) is 6.23 Å². The van der Waals surface area contributed by atoms with Crippen LogP contribution in [-0.2, 0) is 9.47 Å². The fourth-order valence-electron chi connectivity index (χ4n) is 1.88. The van der Waals surface area contributed by atoms with Gasteiger partial charge in [0.05, 0.1) is 12.7 Å². The number of hydrogen-bond acceptors (Lipinski definition) is 4. The molecule has 3 atom stereocenters. The van der Waals surface area contributed by atoms with Gasteiger partial charge < -0.3 is 14.6 Å². The maximum absolute atomic E-state index is 9.48. The van der Waals surface area contributed by atoms with Crippen molar-refractivity contribution in [1.29, 1.82) is 0 Å². The first-order valence-electron chi connectivity index (χ1n) is 4.64. The second kappa shape index (κ2) is 4.91. The molecule has 0 spiro atoms. The summed E-state index contributed by atoms with van der Waals surface area (Å²) in [5, 5.41) is 9.48. The molecule has 1 heterocycles. The lowest BCUT2D eigenvalue weighted by molar-refractivity contribution is -0.0158. The number of ether oxygens (including phenoxy) is 2. The molecule has 1 N–H and O–H groups in total. The molecule has 0 aromatic carbocycles. The van der Waals surface area contributed by atoms with Crippen LogP contribution >= 0.6 is 0 Å². The molecular weight excluding hydrogens is 170 g/mol. The molecule has 0 aliphatic carbocycles. The molecule has 4 heteroatoms. The zero-order chi connectivity index (χ0) is 9.84. The number of nitrogens with zero attached hydrogens (tertiary/aromatic N) is 1. The fourth-order valence-corrected chi connectivity index (χ4v) is 1.88. The summed E-state index contributed by atoms with van der Waals surface area (Å²) < 4.78 is 10.4. The summed E-state index contributed by atoms with van der Waals surface area (Å²) in [4.78, 5) is 2.01. The van der Waals surface area contributed by atoms with Crippen LogP contribution in [-0.4, -0.2) is 55.8 Å². The number of aliphatic hydroxyl groups excluding tert-OH is 1. The molecule has 13 heavy (non-hydrogen) atoms. The third-order valence-electron chi connectivity index (χ3n) is 2.59. The van der Waals surface area contributed by atoms with Gasteiger partial charge in [-0.2, -0.15) is 0 Å². The predicted octanol–water partition coefficient (Wildman–Crippen LogP) is 0.0604. The standard InChI is InChI=1S/C9H19NO3/c1-7(11)10-5-9(13-3)4-8(10)6-12-2/h7-9,11H,4-6H2,1-3H3/t7?,8-,9+/m0/s1. The van der Waals surface area contributed by atoms with E-state index in [9.17, 15) is 5.11 Å². The van der Waals surface area contributed by atoms with E-state index in [1.54, 1.807) is 21.1 Å². The third-order valence-corrected chi connectivity index (χ3v) is 2.59. The Morgan fingerprint density at radius 3 is 2.69 bits per heavy atom. The highest BCUT2D eigenvalue weighted by atomic mass is 16.5. The van der Waals surface area contributed by atoms with Gasteiger partial charge in [0.2, 0.25) is 0 Å². The summed E-state index contributed by atoms with van der Waals surface area (Å²) in [6, 6.07) is 0.287. The lowest BCUT2D eigenvalue weighted by Crippen LogP contribution is -2.39. The first-order chi connectivity index (χ1) is 6.19. The Labute approximate surface area is 79.4 Å². The molecule has 1 saturated heterocycles. The van der Waals surface area contributed by atoms with Gasteiger partial charge in [-0.05, 0) is 13.3 Å². The highest BCUT2D eigenvalue weighted by molar-refractivity contribution is 4.86. The van der Waals surface area contributed by atoms with Crippen molar-refractivity contribution in [3.63, 3.8) is 0 Å². The van der Waals surface area contributed by atoms with Crippen LogP contribution in [0.1, 0.15) is 13.3 Å². The van der Waals surface area contributed by atoms with Gasteiger partial charge in [0.15, 0.2) is 0 Å². The van der Waals surface area contributed by atoms with Gasteiger partial charge >= 0.3 is 0 Å². The van der Waals surface area contributed by atoms with Gasteiger partial charge in [0, 0.05) is 26.8 Å². The van der Waals surface area contributed by atoms with Crippen LogP contribution in [0.15, 0.2) is 0 Å². The Bertz CT molecular complexity index is 152. The minimum atomic E-state index is -0.416. The molecule has 0 bridgehead atoms. The van der Waals surface area contributed by atoms with Crippen LogP contribution in [0.3, 0.4) is 0 Å². The van der Waals surface area contributed by atoms with E-state index in [-0.39, 0.29) is 12.1 Å². The highest BCUT2D eigenvalue weighted by Crippen LogP contribution is 2.21. The average Bonchev–Trinajstić information content (AvgIpc) is 2.48. The molecule has 1 aliphatic rings. The second-order valence-corrected chi connectivity index (χ2v) is 3.53. The van der Waals surface area contributed by atoms with E-state index in [1.165, 1.54) is 0 Å². The largest absolute Gasteiger partial charge is 0.383 e. The Balaban J connectivity index is 2.49. The quantitative estimate of drug-likeness (QED) is 0.679. The van der Waals surface area contributed by atoms with Crippen molar-refractivity contribution < 1.29 is 14.6 Å². The van der Waals surface area contributed by atoms with Crippen molar-refractivity contribution >= 4 is 0 Å². The first-order valence-corrected chi connectivity index (χ1v) is 4.64. The van der Waals surface area contributed by atoms with Crippen LogP contribution in [0.2, 0.25) is 0 Å². The minimum absolute atomic E-state index is 0.231. The van der Waals surface area contributed by atoms with E-state index in [0.29, 0.717) is 6.61 Å². The van der Waals surface area contributed by atoms with Crippen molar-refractivity contribution in [2.75, 3.05) is 27.4 Å². The Hall–Kier alpha value is -0.160. The molecule has 1 fully saturated rings. The summed E-state index contributed by atoms with van der Waals surface area (Å²) in [5.41, 5.74) is 0. The topological polar surface area (TPSA) is 41.9 Å². The maximum Gasteiger partial charge on any atom is 0.104 e. The second-order valence-electron chi connectivity index (χ2n) is 3.53.